The normalized spacial score (nSPS) is 17.2. The lowest BCUT2D eigenvalue weighted by atomic mass is 9.96. The summed E-state index contributed by atoms with van der Waals surface area (Å²) in [6, 6.07) is 4.54. The van der Waals surface area contributed by atoms with Gasteiger partial charge in [0.15, 0.2) is 5.96 Å². The third-order valence-electron chi connectivity index (χ3n) is 4.51. The standard InChI is InChI=1S/C20H35N5O2S/c1-5-21-19(23-9-8-22-18(26)20(2,3)4)24-15-16(17-7-6-14-28-17)25-10-12-27-13-11-25/h6-7,14,16H,5,8-13,15H2,1-4H3,(H,22,26)(H2,21,23,24). The number of rotatable bonds is 8. The summed E-state index contributed by atoms with van der Waals surface area (Å²) < 4.78 is 5.51. The molecule has 8 heteroatoms. The van der Waals surface area contributed by atoms with Crippen molar-refractivity contribution in [3.63, 3.8) is 0 Å². The maximum absolute atomic E-state index is 12.0. The van der Waals surface area contributed by atoms with Gasteiger partial charge in [-0.1, -0.05) is 26.8 Å². The minimum Gasteiger partial charge on any atom is -0.379 e. The molecule has 1 saturated heterocycles. The second kappa shape index (κ2) is 11.4. The molecule has 1 fully saturated rings. The topological polar surface area (TPSA) is 78.0 Å². The van der Waals surface area contributed by atoms with Crippen LogP contribution in [0.3, 0.4) is 0 Å². The second-order valence-electron chi connectivity index (χ2n) is 7.83. The van der Waals surface area contributed by atoms with Gasteiger partial charge in [-0.2, -0.15) is 0 Å². The van der Waals surface area contributed by atoms with Gasteiger partial charge in [-0.05, 0) is 18.4 Å². The van der Waals surface area contributed by atoms with Crippen LogP contribution >= 0.6 is 11.3 Å². The van der Waals surface area contributed by atoms with Crippen LogP contribution in [0.4, 0.5) is 0 Å². The third-order valence-corrected chi connectivity index (χ3v) is 5.48. The van der Waals surface area contributed by atoms with E-state index in [1.807, 2.05) is 20.8 Å². The number of morpholine rings is 1. The first kappa shape index (κ1) is 22.6. The minimum atomic E-state index is -0.370. The molecule has 7 nitrogen and oxygen atoms in total. The largest absolute Gasteiger partial charge is 0.379 e. The molecule has 2 rings (SSSR count). The van der Waals surface area contributed by atoms with E-state index in [4.69, 9.17) is 9.73 Å². The molecule has 2 heterocycles. The lowest BCUT2D eigenvalue weighted by molar-refractivity contribution is -0.128. The molecule has 1 amide bonds. The van der Waals surface area contributed by atoms with E-state index >= 15 is 0 Å². The van der Waals surface area contributed by atoms with Crippen molar-refractivity contribution >= 4 is 23.2 Å². The first-order chi connectivity index (χ1) is 13.4. The summed E-state index contributed by atoms with van der Waals surface area (Å²) >= 11 is 1.78. The van der Waals surface area contributed by atoms with Crippen LogP contribution in [0.1, 0.15) is 38.6 Å². The van der Waals surface area contributed by atoms with Crippen LogP contribution in [0.15, 0.2) is 22.5 Å². The first-order valence-electron chi connectivity index (χ1n) is 10.1. The summed E-state index contributed by atoms with van der Waals surface area (Å²) in [5.74, 6) is 0.837. The molecule has 0 aliphatic carbocycles. The molecule has 1 aliphatic heterocycles. The molecule has 1 unspecified atom stereocenters. The van der Waals surface area contributed by atoms with Crippen LogP contribution in [0.25, 0.3) is 0 Å². The molecule has 158 valence electrons. The number of thiophene rings is 1. The number of nitrogens with zero attached hydrogens (tertiary/aromatic N) is 2. The van der Waals surface area contributed by atoms with Gasteiger partial charge in [0.05, 0.1) is 25.8 Å². The van der Waals surface area contributed by atoms with Crippen molar-refractivity contribution in [2.45, 2.75) is 33.7 Å². The summed E-state index contributed by atoms with van der Waals surface area (Å²) in [5, 5.41) is 11.7. The smallest absolute Gasteiger partial charge is 0.225 e. The van der Waals surface area contributed by atoms with Crippen LogP contribution in [0.5, 0.6) is 0 Å². The van der Waals surface area contributed by atoms with Crippen LogP contribution < -0.4 is 16.0 Å². The zero-order chi connectivity index (χ0) is 20.4. The number of hydrogen-bond acceptors (Lipinski definition) is 5. The van der Waals surface area contributed by atoms with Crippen molar-refractivity contribution in [3.8, 4) is 0 Å². The maximum Gasteiger partial charge on any atom is 0.225 e. The summed E-state index contributed by atoms with van der Waals surface area (Å²) in [6.45, 7) is 13.9. The van der Waals surface area contributed by atoms with Crippen molar-refractivity contribution in [1.82, 2.24) is 20.9 Å². The van der Waals surface area contributed by atoms with Gasteiger partial charge in [0.25, 0.3) is 0 Å². The van der Waals surface area contributed by atoms with E-state index in [-0.39, 0.29) is 17.4 Å². The zero-order valence-corrected chi connectivity index (χ0v) is 18.4. The van der Waals surface area contributed by atoms with Gasteiger partial charge in [0, 0.05) is 43.0 Å². The average molecular weight is 410 g/mol. The van der Waals surface area contributed by atoms with Gasteiger partial charge in [0.1, 0.15) is 0 Å². The predicted octanol–water partition coefficient (Wildman–Crippen LogP) is 1.84. The summed E-state index contributed by atoms with van der Waals surface area (Å²) in [7, 11) is 0. The van der Waals surface area contributed by atoms with Crippen LogP contribution in [-0.2, 0) is 9.53 Å². The molecule has 28 heavy (non-hydrogen) atoms. The first-order valence-corrected chi connectivity index (χ1v) is 11.0. The Morgan fingerprint density at radius 1 is 1.25 bits per heavy atom. The molecule has 0 saturated carbocycles. The molecule has 0 radical (unpaired) electrons. The molecule has 1 aromatic heterocycles. The SMILES string of the molecule is CCNC(=NCC(c1cccs1)N1CCOCC1)NCCNC(=O)C(C)(C)C. The summed E-state index contributed by atoms with van der Waals surface area (Å²) in [4.78, 5) is 20.6. The average Bonchev–Trinajstić information content (AvgIpc) is 3.19. The Balaban J connectivity index is 1.92. The van der Waals surface area contributed by atoms with Gasteiger partial charge in [-0.3, -0.25) is 14.7 Å². The van der Waals surface area contributed by atoms with Gasteiger partial charge in [-0.15, -0.1) is 11.3 Å². The van der Waals surface area contributed by atoms with E-state index in [1.165, 1.54) is 4.88 Å². The predicted molar refractivity (Wildman–Crippen MR) is 116 cm³/mol. The maximum atomic E-state index is 12.0. The Hall–Kier alpha value is -1.64. The number of carbonyl (C=O) groups excluding carboxylic acids is 1. The fraction of sp³-hybridized carbons (Fsp3) is 0.700. The third kappa shape index (κ3) is 7.41. The minimum absolute atomic E-state index is 0.0568. The highest BCUT2D eigenvalue weighted by Crippen LogP contribution is 2.26. The van der Waals surface area contributed by atoms with Crippen LogP contribution in [-0.4, -0.2) is 69.2 Å². The van der Waals surface area contributed by atoms with E-state index in [9.17, 15) is 4.79 Å². The van der Waals surface area contributed by atoms with Crippen LogP contribution in [0.2, 0.25) is 0 Å². The Morgan fingerprint density at radius 3 is 2.57 bits per heavy atom. The van der Waals surface area contributed by atoms with Gasteiger partial charge < -0.3 is 20.7 Å². The lowest BCUT2D eigenvalue weighted by Crippen LogP contribution is -2.44. The van der Waals surface area contributed by atoms with E-state index in [0.717, 1.165) is 38.8 Å². The monoisotopic (exact) mass is 409 g/mol. The molecule has 3 N–H and O–H groups in total. The van der Waals surface area contributed by atoms with Gasteiger partial charge in [0.2, 0.25) is 5.91 Å². The number of guanidine groups is 1. The van der Waals surface area contributed by atoms with Crippen LogP contribution in [0, 0.1) is 5.41 Å². The summed E-state index contributed by atoms with van der Waals surface area (Å²) in [6.07, 6.45) is 0. The highest BCUT2D eigenvalue weighted by molar-refractivity contribution is 7.10. The summed E-state index contributed by atoms with van der Waals surface area (Å²) in [5.41, 5.74) is -0.370. The number of amides is 1. The van der Waals surface area contributed by atoms with Crippen molar-refractivity contribution in [3.05, 3.63) is 22.4 Å². The molecular formula is C20H35N5O2S. The van der Waals surface area contributed by atoms with E-state index < -0.39 is 0 Å². The van der Waals surface area contributed by atoms with E-state index in [1.54, 1.807) is 11.3 Å². The van der Waals surface area contributed by atoms with Gasteiger partial charge in [-0.25, -0.2) is 0 Å². The quantitative estimate of drug-likeness (QED) is 0.347. The van der Waals surface area contributed by atoms with Gasteiger partial charge >= 0.3 is 0 Å². The van der Waals surface area contributed by atoms with Crippen molar-refractivity contribution < 1.29 is 9.53 Å². The fourth-order valence-electron chi connectivity index (χ4n) is 2.90. The van der Waals surface area contributed by atoms with E-state index in [2.05, 4.69) is 45.3 Å². The number of aliphatic imine (C=N–C) groups is 1. The number of carbonyl (C=O) groups is 1. The fourth-order valence-corrected chi connectivity index (χ4v) is 3.75. The van der Waals surface area contributed by atoms with E-state index in [0.29, 0.717) is 19.6 Å². The lowest BCUT2D eigenvalue weighted by Gasteiger charge is -2.33. The molecule has 0 spiro atoms. The molecule has 1 atom stereocenters. The zero-order valence-electron chi connectivity index (χ0n) is 17.6. The highest BCUT2D eigenvalue weighted by atomic mass is 32.1. The van der Waals surface area contributed by atoms with Crippen molar-refractivity contribution in [1.29, 1.82) is 0 Å². The Kier molecular flexibility index (Phi) is 9.21. The Bertz CT molecular complexity index is 607. The number of hydrogen-bond donors (Lipinski definition) is 3. The Labute approximate surface area is 172 Å². The highest BCUT2D eigenvalue weighted by Gasteiger charge is 2.23. The van der Waals surface area contributed by atoms with Crippen molar-refractivity contribution in [2.24, 2.45) is 10.4 Å². The number of ether oxygens (including phenoxy) is 1. The second-order valence-corrected chi connectivity index (χ2v) is 8.81. The Morgan fingerprint density at radius 2 is 1.96 bits per heavy atom. The van der Waals surface area contributed by atoms with Crippen molar-refractivity contribution in [2.75, 3.05) is 52.5 Å². The molecule has 1 aliphatic rings. The molecule has 0 aromatic carbocycles. The number of nitrogens with one attached hydrogen (secondary N) is 3. The molecule has 1 aromatic rings. The molecule has 0 bridgehead atoms. The molecular weight excluding hydrogens is 374 g/mol.